The molecule has 5 heteroatoms. The zero-order valence-corrected chi connectivity index (χ0v) is 14.1. The van der Waals surface area contributed by atoms with Gasteiger partial charge in [-0.15, -0.1) is 0 Å². The Hall–Kier alpha value is -2.30. The SMILES string of the molecule is CN=C(NCc1cccc(Cn2ccnc2C)c1)NC1CC1C. The number of aryl methyl sites for hydroxylation is 1. The fourth-order valence-corrected chi connectivity index (χ4v) is 2.68. The molecule has 0 amide bonds. The molecule has 0 radical (unpaired) electrons. The monoisotopic (exact) mass is 311 g/mol. The number of hydrogen-bond acceptors (Lipinski definition) is 2. The van der Waals surface area contributed by atoms with Crippen molar-refractivity contribution in [3.8, 4) is 0 Å². The highest BCUT2D eigenvalue weighted by molar-refractivity contribution is 5.80. The highest BCUT2D eigenvalue weighted by atomic mass is 15.2. The largest absolute Gasteiger partial charge is 0.353 e. The van der Waals surface area contributed by atoms with Gasteiger partial charge in [0.25, 0.3) is 0 Å². The first kappa shape index (κ1) is 15.6. The van der Waals surface area contributed by atoms with E-state index in [9.17, 15) is 0 Å². The molecular weight excluding hydrogens is 286 g/mol. The van der Waals surface area contributed by atoms with E-state index in [1.165, 1.54) is 17.5 Å². The minimum absolute atomic E-state index is 0.580. The summed E-state index contributed by atoms with van der Waals surface area (Å²) in [5, 5.41) is 6.84. The molecule has 1 aliphatic carbocycles. The maximum absolute atomic E-state index is 4.29. The first-order valence-corrected chi connectivity index (χ1v) is 8.18. The third kappa shape index (κ3) is 4.12. The summed E-state index contributed by atoms with van der Waals surface area (Å²) in [7, 11) is 1.82. The van der Waals surface area contributed by atoms with E-state index in [4.69, 9.17) is 0 Å². The standard InChI is InChI=1S/C18H25N5/c1-13-9-17(13)22-18(19-3)21-11-15-5-4-6-16(10-15)12-23-8-7-20-14(23)2/h4-8,10,13,17H,9,11-12H2,1-3H3,(H2,19,21,22). The first-order valence-electron chi connectivity index (χ1n) is 8.18. The number of benzene rings is 1. The molecule has 0 bridgehead atoms. The van der Waals surface area contributed by atoms with Gasteiger partial charge in [-0.05, 0) is 30.4 Å². The lowest BCUT2D eigenvalue weighted by atomic mass is 10.1. The molecule has 2 unspecified atom stereocenters. The van der Waals surface area contributed by atoms with Crippen molar-refractivity contribution in [2.24, 2.45) is 10.9 Å². The van der Waals surface area contributed by atoms with Crippen molar-refractivity contribution in [2.75, 3.05) is 7.05 Å². The van der Waals surface area contributed by atoms with Gasteiger partial charge >= 0.3 is 0 Å². The van der Waals surface area contributed by atoms with Gasteiger partial charge in [0.05, 0.1) is 0 Å². The molecule has 1 saturated carbocycles. The molecular formula is C18H25N5. The fraction of sp³-hybridized carbons (Fsp3) is 0.444. The summed E-state index contributed by atoms with van der Waals surface area (Å²) in [6.45, 7) is 5.91. The topological polar surface area (TPSA) is 54.2 Å². The van der Waals surface area contributed by atoms with Crippen molar-refractivity contribution in [3.05, 3.63) is 53.6 Å². The van der Waals surface area contributed by atoms with Crippen LogP contribution in [0, 0.1) is 12.8 Å². The van der Waals surface area contributed by atoms with Crippen LogP contribution in [0.15, 0.2) is 41.7 Å². The summed E-state index contributed by atoms with van der Waals surface area (Å²) < 4.78 is 2.15. The molecule has 1 aromatic carbocycles. The zero-order valence-electron chi connectivity index (χ0n) is 14.1. The van der Waals surface area contributed by atoms with Gasteiger partial charge in [0.2, 0.25) is 0 Å². The van der Waals surface area contributed by atoms with E-state index in [2.05, 4.69) is 56.4 Å². The Kier molecular flexibility index (Phi) is 4.65. The number of rotatable bonds is 5. The van der Waals surface area contributed by atoms with Crippen LogP contribution in [0.2, 0.25) is 0 Å². The second-order valence-electron chi connectivity index (χ2n) is 6.31. The number of hydrogen-bond donors (Lipinski definition) is 2. The molecule has 2 aromatic rings. The zero-order chi connectivity index (χ0) is 16.2. The van der Waals surface area contributed by atoms with Gasteiger partial charge in [-0.1, -0.05) is 31.2 Å². The summed E-state index contributed by atoms with van der Waals surface area (Å²) in [5.74, 6) is 2.68. The Morgan fingerprint density at radius 1 is 1.39 bits per heavy atom. The Morgan fingerprint density at radius 2 is 2.17 bits per heavy atom. The van der Waals surface area contributed by atoms with Gasteiger partial charge < -0.3 is 15.2 Å². The highest BCUT2D eigenvalue weighted by Gasteiger charge is 2.33. The molecule has 122 valence electrons. The molecule has 23 heavy (non-hydrogen) atoms. The number of nitrogens with zero attached hydrogens (tertiary/aromatic N) is 3. The van der Waals surface area contributed by atoms with E-state index in [1.54, 1.807) is 0 Å². The van der Waals surface area contributed by atoms with Crippen molar-refractivity contribution < 1.29 is 0 Å². The number of aromatic nitrogens is 2. The van der Waals surface area contributed by atoms with Crippen molar-refractivity contribution in [3.63, 3.8) is 0 Å². The Labute approximate surface area is 137 Å². The van der Waals surface area contributed by atoms with Gasteiger partial charge in [-0.3, -0.25) is 4.99 Å². The van der Waals surface area contributed by atoms with Crippen LogP contribution < -0.4 is 10.6 Å². The molecule has 0 saturated heterocycles. The lowest BCUT2D eigenvalue weighted by molar-refractivity contribution is 0.753. The maximum atomic E-state index is 4.29. The lowest BCUT2D eigenvalue weighted by Gasteiger charge is -2.12. The fourth-order valence-electron chi connectivity index (χ4n) is 2.68. The van der Waals surface area contributed by atoms with Crippen LogP contribution in [0.25, 0.3) is 0 Å². The first-order chi connectivity index (χ1) is 11.2. The minimum atomic E-state index is 0.580. The van der Waals surface area contributed by atoms with Crippen molar-refractivity contribution >= 4 is 5.96 Å². The van der Waals surface area contributed by atoms with Gasteiger partial charge in [0.1, 0.15) is 5.82 Å². The van der Waals surface area contributed by atoms with Gasteiger partial charge in [-0.25, -0.2) is 4.98 Å². The van der Waals surface area contributed by atoms with Crippen LogP contribution in [-0.2, 0) is 13.1 Å². The second kappa shape index (κ2) is 6.86. The predicted molar refractivity (Wildman–Crippen MR) is 93.4 cm³/mol. The average molecular weight is 311 g/mol. The molecule has 0 spiro atoms. The van der Waals surface area contributed by atoms with E-state index in [-0.39, 0.29) is 0 Å². The van der Waals surface area contributed by atoms with E-state index >= 15 is 0 Å². The Morgan fingerprint density at radius 3 is 2.83 bits per heavy atom. The summed E-state index contributed by atoms with van der Waals surface area (Å²) >= 11 is 0. The molecule has 1 aromatic heterocycles. The smallest absolute Gasteiger partial charge is 0.191 e. The molecule has 5 nitrogen and oxygen atoms in total. The number of nitrogens with one attached hydrogen (secondary N) is 2. The number of guanidine groups is 1. The highest BCUT2D eigenvalue weighted by Crippen LogP contribution is 2.28. The van der Waals surface area contributed by atoms with Crippen LogP contribution in [0.1, 0.15) is 30.3 Å². The third-order valence-corrected chi connectivity index (χ3v) is 4.38. The van der Waals surface area contributed by atoms with Crippen LogP contribution in [0.5, 0.6) is 0 Å². The van der Waals surface area contributed by atoms with Gasteiger partial charge in [0.15, 0.2) is 5.96 Å². The Balaban J connectivity index is 1.58. The van der Waals surface area contributed by atoms with Crippen molar-refractivity contribution in [2.45, 2.75) is 39.4 Å². The van der Waals surface area contributed by atoms with Crippen LogP contribution in [-0.4, -0.2) is 28.6 Å². The molecule has 2 atom stereocenters. The molecule has 1 aliphatic rings. The van der Waals surface area contributed by atoms with Crippen LogP contribution >= 0.6 is 0 Å². The summed E-state index contributed by atoms with van der Waals surface area (Å²) in [6.07, 6.45) is 5.10. The maximum Gasteiger partial charge on any atom is 0.191 e. The lowest BCUT2D eigenvalue weighted by Crippen LogP contribution is -2.38. The quantitative estimate of drug-likeness (QED) is 0.658. The van der Waals surface area contributed by atoms with Crippen molar-refractivity contribution in [1.29, 1.82) is 0 Å². The minimum Gasteiger partial charge on any atom is -0.353 e. The van der Waals surface area contributed by atoms with E-state index in [0.717, 1.165) is 30.8 Å². The predicted octanol–water partition coefficient (Wildman–Crippen LogP) is 2.31. The number of imidazole rings is 1. The second-order valence-corrected chi connectivity index (χ2v) is 6.31. The average Bonchev–Trinajstić information content (AvgIpc) is 3.10. The molecule has 3 rings (SSSR count). The van der Waals surface area contributed by atoms with E-state index in [0.29, 0.717) is 6.04 Å². The Bertz CT molecular complexity index is 688. The summed E-state index contributed by atoms with van der Waals surface area (Å²) in [4.78, 5) is 8.57. The van der Waals surface area contributed by atoms with E-state index < -0.39 is 0 Å². The molecule has 1 heterocycles. The molecule has 1 fully saturated rings. The van der Waals surface area contributed by atoms with Crippen LogP contribution in [0.4, 0.5) is 0 Å². The van der Waals surface area contributed by atoms with Gasteiger partial charge in [-0.2, -0.15) is 0 Å². The summed E-state index contributed by atoms with van der Waals surface area (Å²) in [6, 6.07) is 9.22. The van der Waals surface area contributed by atoms with Crippen LogP contribution in [0.3, 0.4) is 0 Å². The normalized spacial score (nSPS) is 20.4. The molecule has 2 N–H and O–H groups in total. The number of aliphatic imine (C=N–C) groups is 1. The van der Waals surface area contributed by atoms with Crippen molar-refractivity contribution in [1.82, 2.24) is 20.2 Å². The molecule has 0 aliphatic heterocycles. The summed E-state index contributed by atoms with van der Waals surface area (Å²) in [5.41, 5.74) is 2.54. The van der Waals surface area contributed by atoms with Gasteiger partial charge in [0, 0.05) is 38.6 Å². The van der Waals surface area contributed by atoms with E-state index in [1.807, 2.05) is 26.4 Å². The third-order valence-electron chi connectivity index (χ3n) is 4.38.